The SMILES string of the molecule is COC(=O)/C(=C\O)C1CC1.N=C(N)c1cnc2ccc(F)cn12.O=c1[nH]c(-c2cnc3ccc(F)cn23)ncc1C1CC1. The Morgan fingerprint density at radius 3 is 2.21 bits per heavy atom. The molecule has 7 rings (SSSR count). The van der Waals surface area contributed by atoms with E-state index in [1.807, 2.05) is 0 Å². The normalized spacial score (nSPS) is 14.4. The highest BCUT2D eigenvalue weighted by atomic mass is 19.1. The van der Waals surface area contributed by atoms with Gasteiger partial charge in [-0.15, -0.1) is 0 Å². The number of methoxy groups -OCH3 is 1. The molecule has 5 heterocycles. The van der Waals surface area contributed by atoms with Crippen molar-refractivity contribution in [1.29, 1.82) is 5.41 Å². The Balaban J connectivity index is 0.000000139. The first-order chi connectivity index (χ1) is 20.7. The number of rotatable bonds is 5. The number of H-pyrrole nitrogens is 1. The number of nitrogens with one attached hydrogen (secondary N) is 2. The first kappa shape index (κ1) is 29.1. The van der Waals surface area contributed by atoms with Gasteiger partial charge in [-0.3, -0.25) is 19.0 Å². The molecule has 0 atom stereocenters. The van der Waals surface area contributed by atoms with E-state index in [9.17, 15) is 18.4 Å². The summed E-state index contributed by atoms with van der Waals surface area (Å²) >= 11 is 0. The summed E-state index contributed by atoms with van der Waals surface area (Å²) in [5, 5.41) is 15.8. The lowest BCUT2D eigenvalue weighted by molar-refractivity contribution is -0.136. The molecule has 0 radical (unpaired) electrons. The number of pyridine rings is 2. The predicted molar refractivity (Wildman–Crippen MR) is 153 cm³/mol. The van der Waals surface area contributed by atoms with Crippen molar-refractivity contribution in [2.75, 3.05) is 7.11 Å². The van der Waals surface area contributed by atoms with Crippen LogP contribution < -0.4 is 11.3 Å². The third-order valence-corrected chi connectivity index (χ3v) is 6.88. The number of halogens is 2. The van der Waals surface area contributed by atoms with Crippen LogP contribution >= 0.6 is 0 Å². The molecule has 2 aliphatic carbocycles. The van der Waals surface area contributed by atoms with Crippen LogP contribution in [0.2, 0.25) is 0 Å². The molecule has 0 bridgehead atoms. The van der Waals surface area contributed by atoms with Gasteiger partial charge in [0, 0.05) is 24.2 Å². The van der Waals surface area contributed by atoms with Crippen LogP contribution in [-0.4, -0.2) is 52.8 Å². The van der Waals surface area contributed by atoms with Crippen LogP contribution in [0.4, 0.5) is 8.78 Å². The van der Waals surface area contributed by atoms with Gasteiger partial charge >= 0.3 is 5.97 Å². The zero-order valence-corrected chi connectivity index (χ0v) is 23.0. The molecule has 2 fully saturated rings. The van der Waals surface area contributed by atoms with Crippen molar-refractivity contribution in [3.05, 3.63) is 100 Å². The largest absolute Gasteiger partial charge is 0.515 e. The average Bonchev–Trinajstić information content (AvgIpc) is 3.92. The third-order valence-electron chi connectivity index (χ3n) is 6.88. The van der Waals surface area contributed by atoms with Gasteiger partial charge in [-0.25, -0.2) is 28.5 Å². The topological polar surface area (TPSA) is 177 Å². The Morgan fingerprint density at radius 2 is 1.65 bits per heavy atom. The number of aliphatic hydroxyl groups excluding tert-OH is 1. The van der Waals surface area contributed by atoms with Gasteiger partial charge in [0.1, 0.15) is 40.2 Å². The second-order valence-electron chi connectivity index (χ2n) is 9.99. The van der Waals surface area contributed by atoms with E-state index in [2.05, 4.69) is 24.7 Å². The average molecular weight is 591 g/mol. The van der Waals surface area contributed by atoms with Crippen LogP contribution in [0.5, 0.6) is 0 Å². The fourth-order valence-electron chi connectivity index (χ4n) is 4.34. The molecule has 0 amide bonds. The maximum absolute atomic E-state index is 13.3. The number of hydrogen-bond donors (Lipinski definition) is 4. The molecule has 14 heteroatoms. The summed E-state index contributed by atoms with van der Waals surface area (Å²) in [5.41, 5.74) is 8.44. The number of aromatic nitrogens is 6. The van der Waals surface area contributed by atoms with Crippen molar-refractivity contribution < 1.29 is 23.4 Å². The summed E-state index contributed by atoms with van der Waals surface area (Å²) in [6.07, 6.45) is 12.1. The lowest BCUT2D eigenvalue weighted by Gasteiger charge is -2.02. The number of esters is 1. The minimum atomic E-state index is -0.412. The maximum atomic E-state index is 13.3. The smallest absolute Gasteiger partial charge is 0.337 e. The molecule has 2 saturated carbocycles. The van der Waals surface area contributed by atoms with E-state index in [0.717, 1.165) is 37.5 Å². The van der Waals surface area contributed by atoms with Crippen molar-refractivity contribution in [2.24, 2.45) is 11.7 Å². The summed E-state index contributed by atoms with van der Waals surface area (Å²) in [6.45, 7) is 0. The number of imidazole rings is 2. The standard InChI is InChI=1S/C14H11FN4O.C8H7FN4.C7H10O3/c15-9-3-4-12-16-6-11(19(12)7-9)13-17-5-10(8-1-2-8)14(20)18-13;9-5-1-2-7-12-3-6(8(10)11)13(7)4-5;1-10-7(9)6(4-8)5-2-3-5/h3-8H,1-2H2,(H,17,18,20);1-4H,(H3,10,11);4-5,8H,2-3H2,1H3/b;;6-4-. The summed E-state index contributed by atoms with van der Waals surface area (Å²) in [7, 11) is 1.31. The van der Waals surface area contributed by atoms with Crippen molar-refractivity contribution in [2.45, 2.75) is 31.6 Å². The predicted octanol–water partition coefficient (Wildman–Crippen LogP) is 3.87. The van der Waals surface area contributed by atoms with Gasteiger partial charge in [0.15, 0.2) is 5.82 Å². The number of nitrogens with zero attached hydrogens (tertiary/aromatic N) is 5. The molecule has 0 spiro atoms. The summed E-state index contributed by atoms with van der Waals surface area (Å²) < 4.78 is 33.6. The number of hydrogen-bond acceptors (Lipinski definition) is 8. The van der Waals surface area contributed by atoms with Crippen LogP contribution in [0, 0.1) is 23.0 Å². The van der Waals surface area contributed by atoms with Crippen LogP contribution in [0.1, 0.15) is 42.9 Å². The van der Waals surface area contributed by atoms with Crippen molar-refractivity contribution in [3.8, 4) is 11.5 Å². The van der Waals surface area contributed by atoms with Gasteiger partial charge in [0.25, 0.3) is 5.56 Å². The van der Waals surface area contributed by atoms with E-state index in [1.165, 1.54) is 48.3 Å². The number of nitrogens with two attached hydrogens (primary N) is 1. The molecule has 5 N–H and O–H groups in total. The molecule has 0 aliphatic heterocycles. The Labute approximate surface area is 243 Å². The Bertz CT molecular complexity index is 1900. The van der Waals surface area contributed by atoms with Gasteiger partial charge in [0.2, 0.25) is 0 Å². The van der Waals surface area contributed by atoms with Crippen LogP contribution in [0.25, 0.3) is 22.8 Å². The van der Waals surface area contributed by atoms with Crippen LogP contribution in [0.3, 0.4) is 0 Å². The molecule has 222 valence electrons. The second-order valence-corrected chi connectivity index (χ2v) is 9.99. The Hall–Kier alpha value is -5.40. The highest BCUT2D eigenvalue weighted by Gasteiger charge is 2.31. The van der Waals surface area contributed by atoms with Crippen molar-refractivity contribution in [1.82, 2.24) is 28.7 Å². The fraction of sp³-hybridized carbons (Fsp3) is 0.241. The van der Waals surface area contributed by atoms with Gasteiger partial charge < -0.3 is 20.6 Å². The number of amidine groups is 1. The minimum absolute atomic E-state index is 0.121. The van der Waals surface area contributed by atoms with Gasteiger partial charge in [0.05, 0.1) is 31.3 Å². The molecular weight excluding hydrogens is 562 g/mol. The number of ether oxygens (including phenoxy) is 1. The van der Waals surface area contributed by atoms with Crippen molar-refractivity contribution >= 4 is 23.1 Å². The van der Waals surface area contributed by atoms with Gasteiger partial charge in [-0.2, -0.15) is 0 Å². The lowest BCUT2D eigenvalue weighted by atomic mass is 10.2. The van der Waals surface area contributed by atoms with E-state index in [0.29, 0.717) is 40.0 Å². The number of aliphatic hydroxyl groups is 1. The molecule has 0 saturated heterocycles. The number of fused-ring (bicyclic) bond motifs is 2. The molecule has 12 nitrogen and oxygen atoms in total. The first-order valence-electron chi connectivity index (χ1n) is 13.3. The molecule has 0 unspecified atom stereocenters. The third kappa shape index (κ3) is 6.58. The Morgan fingerprint density at radius 1 is 1.02 bits per heavy atom. The minimum Gasteiger partial charge on any atom is -0.515 e. The lowest BCUT2D eigenvalue weighted by Crippen LogP contribution is -2.14. The molecule has 2 aliphatic rings. The number of carbonyl (C=O) groups is 1. The number of carbonyl (C=O) groups excluding carboxylic acids is 1. The van der Waals surface area contributed by atoms with E-state index in [4.69, 9.17) is 16.2 Å². The quantitative estimate of drug-likeness (QED) is 0.0784. The van der Waals surface area contributed by atoms with Crippen LogP contribution in [0.15, 0.2) is 71.9 Å². The molecular formula is C29H28F2N8O4. The fourth-order valence-corrected chi connectivity index (χ4v) is 4.34. The second kappa shape index (κ2) is 12.2. The molecule has 0 aromatic carbocycles. The summed E-state index contributed by atoms with van der Waals surface area (Å²) in [6, 6.07) is 5.77. The maximum Gasteiger partial charge on any atom is 0.337 e. The summed E-state index contributed by atoms with van der Waals surface area (Å²) in [5.74, 6) is -0.292. The van der Waals surface area contributed by atoms with E-state index >= 15 is 0 Å². The zero-order valence-electron chi connectivity index (χ0n) is 23.0. The monoisotopic (exact) mass is 590 g/mol. The van der Waals surface area contributed by atoms with Gasteiger partial charge in [-0.05, 0) is 61.8 Å². The van der Waals surface area contributed by atoms with Gasteiger partial charge in [-0.1, -0.05) is 0 Å². The first-order valence-corrected chi connectivity index (χ1v) is 13.3. The van der Waals surface area contributed by atoms with E-state index in [-0.39, 0.29) is 28.9 Å². The van der Waals surface area contributed by atoms with Crippen molar-refractivity contribution in [3.63, 3.8) is 0 Å². The van der Waals surface area contributed by atoms with E-state index < -0.39 is 5.97 Å². The molecule has 5 aromatic rings. The number of nitrogen functional groups attached to an aromatic ring is 1. The van der Waals surface area contributed by atoms with E-state index in [1.54, 1.807) is 22.9 Å². The summed E-state index contributed by atoms with van der Waals surface area (Å²) in [4.78, 5) is 38.0. The Kier molecular flexibility index (Phi) is 8.27. The molecule has 43 heavy (non-hydrogen) atoms. The zero-order chi connectivity index (χ0) is 30.7. The van der Waals surface area contributed by atoms with Crippen LogP contribution in [-0.2, 0) is 9.53 Å². The molecule has 5 aromatic heterocycles. The highest BCUT2D eigenvalue weighted by molar-refractivity contribution is 5.93. The number of aromatic amines is 1. The highest BCUT2D eigenvalue weighted by Crippen LogP contribution is 2.38.